The first kappa shape index (κ1) is 70.2. The number of fused-ring (bicyclic) bond motifs is 4. The monoisotopic (exact) mass is 1320 g/mol. The largest absolute Gasteiger partial charge is 0.444 e. The number of nitrogens with zero attached hydrogens (tertiary/aromatic N) is 3. The number of nitrogens with one attached hydrogen (secondary N) is 5. The van der Waals surface area contributed by atoms with Crippen molar-refractivity contribution in [1.29, 1.82) is 0 Å². The molecule has 19 heteroatoms. The van der Waals surface area contributed by atoms with Crippen molar-refractivity contribution >= 4 is 81.2 Å². The number of carbonyl (C=O) groups excluding carboxylic acids is 6. The van der Waals surface area contributed by atoms with Gasteiger partial charge in [0.05, 0.1) is 28.4 Å². The summed E-state index contributed by atoms with van der Waals surface area (Å²) in [6.07, 6.45) is 4.69. The van der Waals surface area contributed by atoms with Gasteiger partial charge >= 0.3 is 18.2 Å². The SMILES string of the molecule is C.CC(C)(C)OC(=O)N1Cc2ccccc2C2(CCNCC2)C1.CC(C)(C)OC(=O)Nc1ccc(-c2ccccc2)cc1N.Nc1ccc(-c2ccccc2)cc1NC(=O)c1ccc(NC(=O)N2CCC3(CC2)CNCc2ccccc23)cc1.O=C=Nc1ccc(C(=O)Cl)cc1.[2H][2H]. The summed E-state index contributed by atoms with van der Waals surface area (Å²) in [5.74, 6) is -0.266. The van der Waals surface area contributed by atoms with Gasteiger partial charge in [-0.2, -0.15) is 4.99 Å². The number of anilines is 5. The predicted octanol–water partition coefficient (Wildman–Crippen LogP) is 16.1. The molecule has 0 aromatic heterocycles. The smallest absolute Gasteiger partial charge is 0.412 e. The lowest BCUT2D eigenvalue weighted by molar-refractivity contribution is 0.0137. The molecule has 4 aliphatic rings. The highest BCUT2D eigenvalue weighted by molar-refractivity contribution is 6.67. The second kappa shape index (κ2) is 32.4. The first-order valence-electron chi connectivity index (χ1n) is 32.8. The number of rotatable bonds is 8. The van der Waals surface area contributed by atoms with Crippen LogP contribution in [0.15, 0.2) is 199 Å². The molecule has 18 nitrogen and oxygen atoms in total. The number of hydrogen-bond acceptors (Lipinski definition) is 13. The number of hydrogen-bond donors (Lipinski definition) is 7. The Hall–Kier alpha value is -10.1. The Morgan fingerprint density at radius 3 is 1.71 bits per heavy atom. The van der Waals surface area contributed by atoms with E-state index in [0.29, 0.717) is 64.9 Å². The van der Waals surface area contributed by atoms with Crippen LogP contribution in [0.3, 0.4) is 0 Å². The Kier molecular flexibility index (Phi) is 23.7. The fourth-order valence-electron chi connectivity index (χ4n) is 12.2. The van der Waals surface area contributed by atoms with Gasteiger partial charge in [0.15, 0.2) is 0 Å². The van der Waals surface area contributed by atoms with Crippen LogP contribution in [0, 0.1) is 0 Å². The van der Waals surface area contributed by atoms with Crippen molar-refractivity contribution < 1.29 is 41.2 Å². The number of benzene rings is 8. The van der Waals surface area contributed by atoms with Gasteiger partial charge in [-0.15, -0.1) is 0 Å². The molecular weight excluding hydrogens is 1230 g/mol. The summed E-state index contributed by atoms with van der Waals surface area (Å²) >= 11 is 5.19. The number of nitrogen functional groups attached to an aromatic ring is 2. The van der Waals surface area contributed by atoms with Crippen LogP contribution in [-0.2, 0) is 38.2 Å². The maximum absolute atomic E-state index is 13.0. The Labute approximate surface area is 571 Å². The van der Waals surface area contributed by atoms with Gasteiger partial charge in [-0.25, -0.2) is 19.2 Å². The van der Waals surface area contributed by atoms with Gasteiger partial charge in [-0.05, 0) is 209 Å². The van der Waals surface area contributed by atoms with Gasteiger partial charge < -0.3 is 52.0 Å². The topological polar surface area (TPSA) is 252 Å². The molecule has 96 heavy (non-hydrogen) atoms. The fourth-order valence-corrected chi connectivity index (χ4v) is 12.3. The number of piperidine rings is 2. The number of halogens is 1. The van der Waals surface area contributed by atoms with Crippen molar-refractivity contribution in [3.63, 3.8) is 0 Å². The zero-order chi connectivity index (χ0) is 69.8. The van der Waals surface area contributed by atoms with Crippen molar-refractivity contribution in [2.24, 2.45) is 4.99 Å². The molecule has 9 N–H and O–H groups in total. The molecule has 2 fully saturated rings. The quantitative estimate of drug-likeness (QED) is 0.0325. The van der Waals surface area contributed by atoms with Crippen LogP contribution in [0.4, 0.5) is 48.5 Å². The van der Waals surface area contributed by atoms with E-state index in [0.717, 1.165) is 80.7 Å². The van der Waals surface area contributed by atoms with Gasteiger partial charge in [0.2, 0.25) is 6.08 Å². The number of amides is 5. The minimum Gasteiger partial charge on any atom is -0.444 e. The first-order valence-corrected chi connectivity index (χ1v) is 32.2. The molecule has 0 aliphatic carbocycles. The summed E-state index contributed by atoms with van der Waals surface area (Å²) in [7, 11) is 0. The second-order valence-electron chi connectivity index (χ2n) is 26.0. The number of likely N-dealkylation sites (tertiary alicyclic amines) is 1. The zero-order valence-electron chi connectivity index (χ0n) is 56.6. The van der Waals surface area contributed by atoms with Crippen molar-refractivity contribution in [3.05, 3.63) is 228 Å². The van der Waals surface area contributed by atoms with Crippen LogP contribution in [0.2, 0.25) is 0 Å². The molecule has 8 aromatic rings. The molecule has 8 aromatic carbocycles. The lowest BCUT2D eigenvalue weighted by Gasteiger charge is -2.46. The Morgan fingerprint density at radius 1 is 0.573 bits per heavy atom. The van der Waals surface area contributed by atoms with Crippen LogP contribution >= 0.6 is 11.6 Å². The minimum absolute atomic E-state index is 0. The van der Waals surface area contributed by atoms with Crippen molar-refractivity contribution in [3.8, 4) is 22.3 Å². The van der Waals surface area contributed by atoms with E-state index in [1.165, 1.54) is 52.6 Å². The average Bonchev–Trinajstić information content (AvgIpc) is 0.764. The zero-order valence-corrected chi connectivity index (χ0v) is 55.4. The summed E-state index contributed by atoms with van der Waals surface area (Å²) in [4.78, 5) is 77.8. The average molecular weight is 1320 g/mol. The third-order valence-corrected chi connectivity index (χ3v) is 17.1. The number of carbonyl (C=O) groups is 5. The number of nitrogens with two attached hydrogens (primary N) is 2. The summed E-state index contributed by atoms with van der Waals surface area (Å²) in [6.45, 7) is 17.9. The maximum Gasteiger partial charge on any atom is 0.412 e. The van der Waals surface area contributed by atoms with E-state index in [9.17, 15) is 28.8 Å². The van der Waals surface area contributed by atoms with Gasteiger partial charge in [-0.1, -0.05) is 129 Å². The van der Waals surface area contributed by atoms with Crippen LogP contribution < -0.4 is 38.1 Å². The van der Waals surface area contributed by atoms with Crippen molar-refractivity contribution in [2.75, 3.05) is 66.7 Å². The molecule has 2 saturated heterocycles. The van der Waals surface area contributed by atoms with Crippen LogP contribution in [0.25, 0.3) is 22.3 Å². The van der Waals surface area contributed by atoms with Gasteiger partial charge in [-0.3, -0.25) is 14.9 Å². The van der Waals surface area contributed by atoms with E-state index in [1.54, 1.807) is 36.4 Å². The molecule has 12 rings (SSSR count). The molecule has 2 spiro atoms. The molecular formula is C77H89ClN10O8. The van der Waals surface area contributed by atoms with E-state index in [4.69, 9.17) is 35.5 Å². The molecule has 0 bridgehead atoms. The summed E-state index contributed by atoms with van der Waals surface area (Å²) in [6, 6.07) is 61.0. The molecule has 5 amide bonds. The van der Waals surface area contributed by atoms with Gasteiger partial charge in [0.25, 0.3) is 11.1 Å². The maximum atomic E-state index is 13.0. The van der Waals surface area contributed by atoms with Crippen LogP contribution in [0.5, 0.6) is 0 Å². The number of aliphatic imine (C=N–C) groups is 1. The van der Waals surface area contributed by atoms with E-state index < -0.39 is 22.5 Å². The molecule has 4 heterocycles. The number of isocyanates is 1. The molecule has 0 radical (unpaired) electrons. The normalized spacial score (nSPS) is 14.9. The van der Waals surface area contributed by atoms with Crippen LogP contribution in [0.1, 0.15) is 121 Å². The molecule has 502 valence electrons. The minimum atomic E-state index is -0.539. The first-order chi connectivity index (χ1) is 46.5. The van der Waals surface area contributed by atoms with Crippen LogP contribution in [-0.4, -0.2) is 95.7 Å². The standard InChI is InChI=1S/C33H33N5O2.C18H26N2O2.C17H20N2O2.C8H4ClNO2.CH4.H2/c34-29-15-12-25(23-6-2-1-3-7-23)20-30(29)37-31(39)24-10-13-27(14-11-24)36-32(40)38-18-16-33(17-19-38)22-35-21-26-8-4-5-9-28(26)33;1-17(2,3)22-16(21)20-12-14-6-4-5-7-15(14)18(13-20)8-10-19-11-9-18;1-17(2,3)21-16(20)19-15-10-9-13(11-14(15)18)12-7-5-4-6-8-12;9-8(12)6-1-3-7(4-2-6)10-5-11;;/h1-15,20,35H,16-19,21-22,34H2,(H,36,40)(H,37,39);4-7,19H,8-13H2,1-3H3;4-11H,18H2,1-3H3,(H,19,20);1-4H;1H4;1H/i;;;;;1+1D. The highest BCUT2D eigenvalue weighted by Crippen LogP contribution is 2.42. The fraction of sp³-hybridized carbons (Fsp3) is 0.299. The summed E-state index contributed by atoms with van der Waals surface area (Å²) in [5.41, 5.74) is 25.0. The molecule has 0 atom stereocenters. The van der Waals surface area contributed by atoms with Gasteiger partial charge in [0.1, 0.15) is 11.2 Å². The van der Waals surface area contributed by atoms with Crippen molar-refractivity contribution in [1.82, 2.24) is 20.4 Å². The Balaban J connectivity index is 0.000000199. The third kappa shape index (κ3) is 19.3. The van der Waals surface area contributed by atoms with Gasteiger partial charge in [0, 0.05) is 69.9 Å². The summed E-state index contributed by atoms with van der Waals surface area (Å²) < 4.78 is 20.8. The highest BCUT2D eigenvalue weighted by Gasteiger charge is 2.43. The van der Waals surface area contributed by atoms with E-state index in [-0.39, 0.29) is 36.3 Å². The lowest BCUT2D eigenvalue weighted by Crippen LogP contribution is -2.53. The third-order valence-electron chi connectivity index (χ3n) is 16.9. The molecule has 4 aliphatic heterocycles. The highest BCUT2D eigenvalue weighted by atomic mass is 35.5. The number of urea groups is 1. The molecule has 0 saturated carbocycles. The second-order valence-corrected chi connectivity index (χ2v) is 26.3. The number of ether oxygens (including phenoxy) is 2. The Morgan fingerprint density at radius 2 is 1.12 bits per heavy atom. The van der Waals surface area contributed by atoms with E-state index in [2.05, 4.69) is 80.1 Å². The predicted molar refractivity (Wildman–Crippen MR) is 387 cm³/mol. The Bertz CT molecular complexity index is 4020. The lowest BCUT2D eigenvalue weighted by atomic mass is 9.69. The van der Waals surface area contributed by atoms with Crippen molar-refractivity contribution in [2.45, 2.75) is 110 Å². The van der Waals surface area contributed by atoms with E-state index in [1.807, 2.05) is 136 Å². The van der Waals surface area contributed by atoms with E-state index >= 15 is 0 Å². The summed E-state index contributed by atoms with van der Waals surface area (Å²) in [5, 5.41) is 15.0. The molecule has 0 unspecified atom stereocenters.